The van der Waals surface area contributed by atoms with Gasteiger partial charge in [0, 0.05) is 6.54 Å². The summed E-state index contributed by atoms with van der Waals surface area (Å²) in [4.78, 5) is 37.2. The van der Waals surface area contributed by atoms with Crippen molar-refractivity contribution in [2.75, 3.05) is 13.2 Å². The minimum Gasteiger partial charge on any atom is -0.466 e. The highest BCUT2D eigenvalue weighted by Gasteiger charge is 2.45. The molecule has 2 amide bonds. The molecule has 2 atom stereocenters. The predicted molar refractivity (Wildman–Crippen MR) is 74.7 cm³/mol. The summed E-state index contributed by atoms with van der Waals surface area (Å²) in [5, 5.41) is 0. The zero-order chi connectivity index (χ0) is 15.0. The molecule has 110 valence electrons. The van der Waals surface area contributed by atoms with Crippen LogP contribution in [0.5, 0.6) is 0 Å². The minimum absolute atomic E-state index is 0.0554. The molecule has 1 aromatic carbocycles. The van der Waals surface area contributed by atoms with Gasteiger partial charge >= 0.3 is 5.97 Å². The average molecular weight is 287 g/mol. The van der Waals surface area contributed by atoms with E-state index in [9.17, 15) is 14.4 Å². The number of carbonyl (C=O) groups excluding carboxylic acids is 3. The Labute approximate surface area is 122 Å². The van der Waals surface area contributed by atoms with Gasteiger partial charge in [0.15, 0.2) is 0 Å². The van der Waals surface area contributed by atoms with Crippen LogP contribution >= 0.6 is 0 Å². The number of imide groups is 1. The van der Waals surface area contributed by atoms with Crippen molar-refractivity contribution < 1.29 is 19.1 Å². The molecule has 1 heterocycles. The minimum atomic E-state index is -0.232. The van der Waals surface area contributed by atoms with Gasteiger partial charge < -0.3 is 4.74 Å². The molecule has 2 aliphatic rings. The highest BCUT2D eigenvalue weighted by atomic mass is 16.5. The molecule has 0 N–H and O–H groups in total. The third-order valence-electron chi connectivity index (χ3n) is 4.11. The smallest absolute Gasteiger partial charge is 0.309 e. The van der Waals surface area contributed by atoms with Crippen molar-refractivity contribution in [1.82, 2.24) is 4.90 Å². The van der Waals surface area contributed by atoms with Crippen molar-refractivity contribution >= 4 is 17.8 Å². The highest BCUT2D eigenvalue weighted by molar-refractivity contribution is 6.21. The lowest BCUT2D eigenvalue weighted by Gasteiger charge is -2.13. The molecule has 1 aliphatic carbocycles. The van der Waals surface area contributed by atoms with Gasteiger partial charge in [0.25, 0.3) is 11.8 Å². The van der Waals surface area contributed by atoms with Gasteiger partial charge in [0.05, 0.1) is 23.7 Å². The number of ether oxygens (including phenoxy) is 1. The molecule has 1 aliphatic heterocycles. The Balaban J connectivity index is 1.58. The summed E-state index contributed by atoms with van der Waals surface area (Å²) >= 11 is 0. The first-order valence-corrected chi connectivity index (χ1v) is 7.25. The number of nitrogens with zero attached hydrogens (tertiary/aromatic N) is 1. The fourth-order valence-electron chi connectivity index (χ4n) is 2.84. The van der Waals surface area contributed by atoms with Crippen molar-refractivity contribution in [3.05, 3.63) is 35.4 Å². The summed E-state index contributed by atoms with van der Waals surface area (Å²) in [5.41, 5.74) is 0.945. The van der Waals surface area contributed by atoms with Crippen LogP contribution in [-0.4, -0.2) is 35.8 Å². The zero-order valence-electron chi connectivity index (χ0n) is 11.9. The van der Waals surface area contributed by atoms with E-state index in [1.165, 1.54) is 4.90 Å². The number of benzene rings is 1. The molecule has 1 saturated carbocycles. The summed E-state index contributed by atoms with van der Waals surface area (Å²) in [6.07, 6.45) is 1.46. The average Bonchev–Trinajstić information content (AvgIpc) is 3.22. The lowest BCUT2D eigenvalue weighted by molar-refractivity contribution is -0.145. The zero-order valence-corrected chi connectivity index (χ0v) is 11.9. The topological polar surface area (TPSA) is 63.7 Å². The van der Waals surface area contributed by atoms with Gasteiger partial charge in [-0.25, -0.2) is 0 Å². The Bertz CT molecular complexity index is 575. The third-order valence-corrected chi connectivity index (χ3v) is 4.11. The second-order valence-electron chi connectivity index (χ2n) is 5.45. The van der Waals surface area contributed by atoms with Gasteiger partial charge in [-0.2, -0.15) is 0 Å². The van der Waals surface area contributed by atoms with Crippen LogP contribution in [0.3, 0.4) is 0 Å². The number of carbonyl (C=O) groups is 3. The molecule has 0 spiro atoms. The second-order valence-corrected chi connectivity index (χ2v) is 5.45. The van der Waals surface area contributed by atoms with Gasteiger partial charge in [-0.05, 0) is 37.8 Å². The van der Waals surface area contributed by atoms with E-state index < -0.39 is 0 Å². The van der Waals surface area contributed by atoms with Crippen molar-refractivity contribution in [3.63, 3.8) is 0 Å². The van der Waals surface area contributed by atoms with Crippen LogP contribution in [-0.2, 0) is 9.53 Å². The van der Waals surface area contributed by atoms with E-state index >= 15 is 0 Å². The molecule has 0 saturated heterocycles. The fraction of sp³-hybridized carbons (Fsp3) is 0.438. The SMILES string of the molecule is CCOC(=O)C1CC1CCN1C(=O)c2ccccc2C1=O. The van der Waals surface area contributed by atoms with E-state index in [0.717, 1.165) is 6.42 Å². The quantitative estimate of drug-likeness (QED) is 0.612. The summed E-state index contributed by atoms with van der Waals surface area (Å²) in [7, 11) is 0. The molecular formula is C16H17NO4. The molecule has 1 aromatic rings. The van der Waals surface area contributed by atoms with Crippen molar-refractivity contribution in [2.45, 2.75) is 19.8 Å². The van der Waals surface area contributed by atoms with Gasteiger partial charge in [-0.15, -0.1) is 0 Å². The van der Waals surface area contributed by atoms with Crippen LogP contribution in [0.1, 0.15) is 40.5 Å². The summed E-state index contributed by atoms with van der Waals surface area (Å²) in [6, 6.07) is 6.86. The molecule has 0 aromatic heterocycles. The van der Waals surface area contributed by atoms with E-state index in [-0.39, 0.29) is 29.6 Å². The van der Waals surface area contributed by atoms with E-state index in [1.807, 2.05) is 0 Å². The molecule has 0 bridgehead atoms. The van der Waals surface area contributed by atoms with Crippen LogP contribution in [0.25, 0.3) is 0 Å². The molecule has 5 heteroatoms. The standard InChI is InChI=1S/C16H17NO4/c1-2-21-16(20)13-9-10(13)7-8-17-14(18)11-5-3-4-6-12(11)15(17)19/h3-6,10,13H,2,7-9H2,1H3. The molecule has 1 fully saturated rings. The van der Waals surface area contributed by atoms with Crippen molar-refractivity contribution in [2.24, 2.45) is 11.8 Å². The maximum Gasteiger partial charge on any atom is 0.309 e. The van der Waals surface area contributed by atoms with Gasteiger partial charge in [0.1, 0.15) is 0 Å². The Morgan fingerprint density at radius 2 is 1.86 bits per heavy atom. The molecular weight excluding hydrogens is 270 g/mol. The predicted octanol–water partition coefficient (Wildman–Crippen LogP) is 1.87. The number of amides is 2. The Kier molecular flexibility index (Phi) is 3.49. The van der Waals surface area contributed by atoms with Crippen molar-refractivity contribution in [1.29, 1.82) is 0 Å². The Morgan fingerprint density at radius 3 is 2.43 bits per heavy atom. The lowest BCUT2D eigenvalue weighted by atomic mass is 10.1. The van der Waals surface area contributed by atoms with Gasteiger partial charge in [0.2, 0.25) is 0 Å². The summed E-state index contributed by atoms with van der Waals surface area (Å²) < 4.78 is 4.97. The molecule has 5 nitrogen and oxygen atoms in total. The van der Waals surface area contributed by atoms with Gasteiger partial charge in [-0.3, -0.25) is 19.3 Å². The Morgan fingerprint density at radius 1 is 1.24 bits per heavy atom. The molecule has 2 unspecified atom stereocenters. The molecule has 21 heavy (non-hydrogen) atoms. The summed E-state index contributed by atoms with van der Waals surface area (Å²) in [5.74, 6) is -0.453. The van der Waals surface area contributed by atoms with Crippen LogP contribution in [0.15, 0.2) is 24.3 Å². The second kappa shape index (κ2) is 5.31. The fourth-order valence-corrected chi connectivity index (χ4v) is 2.84. The van der Waals surface area contributed by atoms with Crippen LogP contribution < -0.4 is 0 Å². The largest absolute Gasteiger partial charge is 0.466 e. The van der Waals surface area contributed by atoms with E-state index in [4.69, 9.17) is 4.74 Å². The van der Waals surface area contributed by atoms with E-state index in [0.29, 0.717) is 30.7 Å². The van der Waals surface area contributed by atoms with Gasteiger partial charge in [-0.1, -0.05) is 12.1 Å². The number of fused-ring (bicyclic) bond motifs is 1. The highest BCUT2D eigenvalue weighted by Crippen LogP contribution is 2.42. The Hall–Kier alpha value is -2.17. The number of esters is 1. The number of hydrogen-bond acceptors (Lipinski definition) is 4. The maximum atomic E-state index is 12.2. The number of rotatable bonds is 5. The maximum absolute atomic E-state index is 12.2. The monoisotopic (exact) mass is 287 g/mol. The van der Waals surface area contributed by atoms with E-state index in [2.05, 4.69) is 0 Å². The lowest BCUT2D eigenvalue weighted by Crippen LogP contribution is -2.31. The number of hydrogen-bond donors (Lipinski definition) is 0. The summed E-state index contributed by atoms with van der Waals surface area (Å²) in [6.45, 7) is 2.54. The van der Waals surface area contributed by atoms with Crippen LogP contribution in [0.2, 0.25) is 0 Å². The molecule has 3 rings (SSSR count). The van der Waals surface area contributed by atoms with Crippen LogP contribution in [0, 0.1) is 11.8 Å². The first kappa shape index (κ1) is 13.8. The van der Waals surface area contributed by atoms with Crippen LogP contribution in [0.4, 0.5) is 0 Å². The molecule has 0 radical (unpaired) electrons. The van der Waals surface area contributed by atoms with Crippen molar-refractivity contribution in [3.8, 4) is 0 Å². The van der Waals surface area contributed by atoms with E-state index in [1.54, 1.807) is 31.2 Å². The first-order chi connectivity index (χ1) is 10.1. The third kappa shape index (κ3) is 2.44. The normalized spacial score (nSPS) is 23.2. The first-order valence-electron chi connectivity index (χ1n) is 7.25.